The first kappa shape index (κ1) is 10.5. The predicted molar refractivity (Wildman–Crippen MR) is 50.8 cm³/mol. The molecule has 1 aromatic heterocycles. The Morgan fingerprint density at radius 1 is 1.60 bits per heavy atom. The molecule has 5 heteroatoms. The molecule has 0 bridgehead atoms. The Balaban J connectivity index is 2.52. The summed E-state index contributed by atoms with van der Waals surface area (Å²) < 4.78 is 26.8. The van der Waals surface area contributed by atoms with Gasteiger partial charge in [0.2, 0.25) is 0 Å². The molecule has 0 radical (unpaired) electrons. The van der Waals surface area contributed by atoms with Gasteiger partial charge in [-0.15, -0.1) is 0 Å². The second-order valence-corrected chi connectivity index (χ2v) is 3.77. The molecular weight excluding hydrogens is 202 g/mol. The van der Waals surface area contributed by atoms with Crippen LogP contribution in [0.1, 0.15) is 49.2 Å². The minimum Gasteiger partial charge on any atom is -0.387 e. The van der Waals surface area contributed by atoms with E-state index in [-0.39, 0.29) is 5.69 Å². The molecule has 0 saturated heterocycles. The van der Waals surface area contributed by atoms with E-state index in [4.69, 9.17) is 0 Å². The van der Waals surface area contributed by atoms with E-state index < -0.39 is 12.5 Å². The minimum absolute atomic E-state index is 0.148. The molecule has 0 fully saturated rings. The summed E-state index contributed by atoms with van der Waals surface area (Å²) >= 11 is 0. The molecule has 0 spiro atoms. The third-order valence-electron chi connectivity index (χ3n) is 2.85. The smallest absolute Gasteiger partial charge is 0.282 e. The fourth-order valence-corrected chi connectivity index (χ4v) is 2.19. The first-order valence-electron chi connectivity index (χ1n) is 5.20. The van der Waals surface area contributed by atoms with Gasteiger partial charge in [0.1, 0.15) is 5.69 Å². The molecule has 0 aliphatic heterocycles. The summed E-state index contributed by atoms with van der Waals surface area (Å²) in [5.74, 6) is 0. The van der Waals surface area contributed by atoms with Crippen molar-refractivity contribution in [2.75, 3.05) is 0 Å². The Morgan fingerprint density at radius 3 is 2.93 bits per heavy atom. The Bertz CT molecular complexity index is 363. The van der Waals surface area contributed by atoms with Gasteiger partial charge in [0.15, 0.2) is 0 Å². The first-order valence-corrected chi connectivity index (χ1v) is 5.20. The number of aromatic nitrogens is 2. The van der Waals surface area contributed by atoms with E-state index in [1.807, 2.05) is 6.92 Å². The number of rotatable bonds is 2. The number of nitrogens with zero attached hydrogens (tertiary/aromatic N) is 2. The van der Waals surface area contributed by atoms with Crippen LogP contribution in [0.2, 0.25) is 0 Å². The van der Waals surface area contributed by atoms with Crippen LogP contribution < -0.4 is 0 Å². The van der Waals surface area contributed by atoms with Crippen molar-refractivity contribution in [3.63, 3.8) is 0 Å². The zero-order valence-electron chi connectivity index (χ0n) is 8.58. The topological polar surface area (TPSA) is 38.0 Å². The Labute approximate surface area is 86.7 Å². The number of aliphatic hydroxyl groups excluding tert-OH is 1. The molecule has 0 aromatic carbocycles. The number of halogens is 2. The van der Waals surface area contributed by atoms with Crippen LogP contribution in [-0.4, -0.2) is 14.9 Å². The quantitative estimate of drug-likeness (QED) is 0.823. The number of hydrogen-bond donors (Lipinski definition) is 1. The van der Waals surface area contributed by atoms with E-state index in [0.717, 1.165) is 6.42 Å². The SMILES string of the molecule is CCn1nc(C(F)F)c2c1C(O)CCC2. The largest absolute Gasteiger partial charge is 0.387 e. The van der Waals surface area contributed by atoms with E-state index in [0.29, 0.717) is 30.6 Å². The number of aliphatic hydroxyl groups is 1. The second-order valence-electron chi connectivity index (χ2n) is 3.77. The molecule has 1 N–H and O–H groups in total. The van der Waals surface area contributed by atoms with E-state index in [9.17, 15) is 13.9 Å². The Kier molecular flexibility index (Phi) is 2.73. The second kappa shape index (κ2) is 3.89. The van der Waals surface area contributed by atoms with Crippen molar-refractivity contribution in [1.82, 2.24) is 9.78 Å². The lowest BCUT2D eigenvalue weighted by Crippen LogP contribution is -2.13. The molecule has 1 aliphatic rings. The molecule has 1 unspecified atom stereocenters. The zero-order chi connectivity index (χ0) is 11.0. The number of aryl methyl sites for hydroxylation is 1. The van der Waals surface area contributed by atoms with Gasteiger partial charge in [-0.05, 0) is 26.2 Å². The van der Waals surface area contributed by atoms with Crippen molar-refractivity contribution >= 4 is 0 Å². The molecule has 0 amide bonds. The molecule has 0 saturated carbocycles. The predicted octanol–water partition coefficient (Wildman–Crippen LogP) is 2.21. The van der Waals surface area contributed by atoms with Crippen LogP contribution in [0.4, 0.5) is 8.78 Å². The fraction of sp³-hybridized carbons (Fsp3) is 0.700. The summed E-state index contributed by atoms with van der Waals surface area (Å²) in [5, 5.41) is 13.6. The lowest BCUT2D eigenvalue weighted by atomic mass is 9.93. The van der Waals surface area contributed by atoms with Crippen LogP contribution in [0.15, 0.2) is 0 Å². The van der Waals surface area contributed by atoms with Gasteiger partial charge in [-0.1, -0.05) is 0 Å². The number of alkyl halides is 2. The average Bonchev–Trinajstić information content (AvgIpc) is 2.58. The van der Waals surface area contributed by atoms with Crippen molar-refractivity contribution in [2.45, 2.75) is 45.3 Å². The van der Waals surface area contributed by atoms with E-state index in [2.05, 4.69) is 5.10 Å². The summed E-state index contributed by atoms with van der Waals surface area (Å²) in [6, 6.07) is 0. The Hall–Kier alpha value is -0.970. The van der Waals surface area contributed by atoms with Gasteiger partial charge < -0.3 is 5.11 Å². The lowest BCUT2D eigenvalue weighted by molar-refractivity contribution is 0.141. The first-order chi connectivity index (χ1) is 7.15. The van der Waals surface area contributed by atoms with Gasteiger partial charge in [0.25, 0.3) is 6.43 Å². The summed E-state index contributed by atoms with van der Waals surface area (Å²) in [5.41, 5.74) is 1.01. The van der Waals surface area contributed by atoms with Crippen LogP contribution in [0.3, 0.4) is 0 Å². The van der Waals surface area contributed by atoms with Gasteiger partial charge in [-0.2, -0.15) is 5.10 Å². The molecular formula is C10H14F2N2O. The van der Waals surface area contributed by atoms with Crippen molar-refractivity contribution in [3.8, 4) is 0 Å². The summed E-state index contributed by atoms with van der Waals surface area (Å²) in [6.07, 6.45) is -1.18. The van der Waals surface area contributed by atoms with Gasteiger partial charge >= 0.3 is 0 Å². The number of fused-ring (bicyclic) bond motifs is 1. The van der Waals surface area contributed by atoms with Crippen LogP contribution in [0.25, 0.3) is 0 Å². The van der Waals surface area contributed by atoms with Gasteiger partial charge in [0.05, 0.1) is 11.8 Å². The highest BCUT2D eigenvalue weighted by Gasteiger charge is 2.29. The molecule has 1 heterocycles. The highest BCUT2D eigenvalue weighted by atomic mass is 19.3. The van der Waals surface area contributed by atoms with Gasteiger partial charge in [-0.25, -0.2) is 8.78 Å². The maximum atomic E-state index is 12.7. The summed E-state index contributed by atoms with van der Waals surface area (Å²) in [4.78, 5) is 0. The van der Waals surface area contributed by atoms with Crippen molar-refractivity contribution in [2.24, 2.45) is 0 Å². The van der Waals surface area contributed by atoms with E-state index >= 15 is 0 Å². The minimum atomic E-state index is -2.54. The summed E-state index contributed by atoms with van der Waals surface area (Å²) in [7, 11) is 0. The molecule has 84 valence electrons. The third kappa shape index (κ3) is 1.65. The van der Waals surface area contributed by atoms with Crippen molar-refractivity contribution in [3.05, 3.63) is 17.0 Å². The molecule has 15 heavy (non-hydrogen) atoms. The van der Waals surface area contributed by atoms with Gasteiger partial charge in [0, 0.05) is 12.1 Å². The van der Waals surface area contributed by atoms with E-state index in [1.165, 1.54) is 4.68 Å². The van der Waals surface area contributed by atoms with Crippen LogP contribution in [-0.2, 0) is 13.0 Å². The molecule has 3 nitrogen and oxygen atoms in total. The van der Waals surface area contributed by atoms with E-state index in [1.54, 1.807) is 0 Å². The maximum absolute atomic E-state index is 12.7. The monoisotopic (exact) mass is 216 g/mol. The summed E-state index contributed by atoms with van der Waals surface area (Å²) in [6.45, 7) is 2.36. The molecule has 1 aliphatic carbocycles. The molecule has 2 rings (SSSR count). The Morgan fingerprint density at radius 2 is 2.33 bits per heavy atom. The van der Waals surface area contributed by atoms with Crippen LogP contribution in [0.5, 0.6) is 0 Å². The zero-order valence-corrected chi connectivity index (χ0v) is 8.58. The van der Waals surface area contributed by atoms with Crippen molar-refractivity contribution in [1.29, 1.82) is 0 Å². The highest BCUT2D eigenvalue weighted by Crippen LogP contribution is 2.35. The standard InChI is InChI=1S/C10H14F2N2O/c1-2-14-9-6(4-3-5-7(9)15)8(13-14)10(11)12/h7,10,15H,2-5H2,1H3. The van der Waals surface area contributed by atoms with Crippen LogP contribution in [0, 0.1) is 0 Å². The maximum Gasteiger partial charge on any atom is 0.282 e. The normalized spacial score (nSPS) is 20.7. The number of hydrogen-bond acceptors (Lipinski definition) is 2. The fourth-order valence-electron chi connectivity index (χ4n) is 2.19. The van der Waals surface area contributed by atoms with Crippen molar-refractivity contribution < 1.29 is 13.9 Å². The third-order valence-corrected chi connectivity index (χ3v) is 2.85. The lowest BCUT2D eigenvalue weighted by Gasteiger charge is -2.19. The molecule has 1 aromatic rings. The average molecular weight is 216 g/mol. The molecule has 1 atom stereocenters. The highest BCUT2D eigenvalue weighted by molar-refractivity contribution is 5.31. The van der Waals surface area contributed by atoms with Crippen LogP contribution >= 0.6 is 0 Å². The van der Waals surface area contributed by atoms with Gasteiger partial charge in [-0.3, -0.25) is 4.68 Å².